The minimum Gasteiger partial charge on any atom is -0.354 e. The molecule has 28 heavy (non-hydrogen) atoms. The maximum atomic E-state index is 13.4. The molecule has 2 aliphatic heterocycles. The number of carbonyl (C=O) groups excluding carboxylic acids is 2. The molecule has 4 rings (SSSR count). The summed E-state index contributed by atoms with van der Waals surface area (Å²) in [7, 11) is 0. The van der Waals surface area contributed by atoms with Gasteiger partial charge in [0.1, 0.15) is 0 Å². The van der Waals surface area contributed by atoms with Crippen molar-refractivity contribution < 1.29 is 9.59 Å². The molecule has 1 aromatic rings. The molecule has 0 aromatic heterocycles. The molecule has 2 atom stereocenters. The highest BCUT2D eigenvalue weighted by Gasteiger charge is 2.53. The van der Waals surface area contributed by atoms with Crippen molar-refractivity contribution in [1.82, 2.24) is 15.5 Å². The van der Waals surface area contributed by atoms with Gasteiger partial charge in [-0.3, -0.25) is 9.59 Å². The van der Waals surface area contributed by atoms with Gasteiger partial charge in [-0.1, -0.05) is 29.3 Å². The number of likely N-dealkylation sites (tertiary alicyclic amines) is 1. The van der Waals surface area contributed by atoms with Crippen LogP contribution in [0.1, 0.15) is 55.2 Å². The highest BCUT2D eigenvalue weighted by molar-refractivity contribution is 5.91. The van der Waals surface area contributed by atoms with Gasteiger partial charge in [-0.2, -0.15) is 0 Å². The Hall–Kier alpha value is -1.88. The maximum absolute atomic E-state index is 13.4. The monoisotopic (exact) mass is 383 g/mol. The van der Waals surface area contributed by atoms with Crippen LogP contribution < -0.4 is 10.6 Å². The predicted molar refractivity (Wildman–Crippen MR) is 110 cm³/mol. The van der Waals surface area contributed by atoms with Gasteiger partial charge in [0.25, 0.3) is 0 Å². The Balaban J connectivity index is 1.37. The molecule has 0 radical (unpaired) electrons. The average molecular weight is 384 g/mol. The first-order valence-electron chi connectivity index (χ1n) is 10.9. The standard InChI is InChI=1S/C23H33N3O2/c1-16-11-17(2)13-19(12-16)23(7-8-23)22(28)26-10-4-5-18(15-26)14-25-21(27)20-6-3-9-24-20/h11-13,18,20,24H,3-10,14-15H2,1-2H3,(H,25,27). The van der Waals surface area contributed by atoms with Crippen molar-refractivity contribution in [2.75, 3.05) is 26.2 Å². The van der Waals surface area contributed by atoms with E-state index < -0.39 is 0 Å². The Kier molecular flexibility index (Phi) is 5.46. The molecule has 2 unspecified atom stereocenters. The van der Waals surface area contributed by atoms with E-state index in [-0.39, 0.29) is 17.4 Å². The second kappa shape index (κ2) is 7.86. The van der Waals surface area contributed by atoms with Crippen molar-refractivity contribution in [3.05, 3.63) is 34.9 Å². The lowest BCUT2D eigenvalue weighted by atomic mass is 9.89. The molecular weight excluding hydrogens is 350 g/mol. The Morgan fingerprint density at radius 1 is 1.14 bits per heavy atom. The number of hydrogen-bond donors (Lipinski definition) is 2. The van der Waals surface area contributed by atoms with E-state index in [1.807, 2.05) is 0 Å². The summed E-state index contributed by atoms with van der Waals surface area (Å²) in [5, 5.41) is 6.37. The largest absolute Gasteiger partial charge is 0.354 e. The van der Waals surface area contributed by atoms with Gasteiger partial charge in [0.2, 0.25) is 11.8 Å². The molecule has 3 fully saturated rings. The summed E-state index contributed by atoms with van der Waals surface area (Å²) in [6, 6.07) is 6.52. The summed E-state index contributed by atoms with van der Waals surface area (Å²) >= 11 is 0. The van der Waals surface area contributed by atoms with Gasteiger partial charge >= 0.3 is 0 Å². The number of carbonyl (C=O) groups is 2. The number of rotatable bonds is 5. The fraction of sp³-hybridized carbons (Fsp3) is 0.652. The van der Waals surface area contributed by atoms with Crippen LogP contribution in [0.15, 0.2) is 18.2 Å². The molecule has 1 aromatic carbocycles. The summed E-state index contributed by atoms with van der Waals surface area (Å²) in [5.41, 5.74) is 3.36. The number of hydrogen-bond acceptors (Lipinski definition) is 3. The molecular formula is C23H33N3O2. The Bertz CT molecular complexity index is 730. The molecule has 2 saturated heterocycles. The van der Waals surface area contributed by atoms with E-state index in [1.54, 1.807) is 0 Å². The second-order valence-corrected chi connectivity index (χ2v) is 9.11. The van der Waals surface area contributed by atoms with Gasteiger partial charge in [-0.25, -0.2) is 0 Å². The Morgan fingerprint density at radius 2 is 1.89 bits per heavy atom. The lowest BCUT2D eigenvalue weighted by molar-refractivity contribution is -0.135. The molecule has 152 valence electrons. The van der Waals surface area contributed by atoms with E-state index in [1.165, 1.54) is 16.7 Å². The number of nitrogens with one attached hydrogen (secondary N) is 2. The summed E-state index contributed by atoms with van der Waals surface area (Å²) in [6.07, 6.45) is 6.03. The van der Waals surface area contributed by atoms with E-state index in [2.05, 4.69) is 47.6 Å². The van der Waals surface area contributed by atoms with Gasteiger partial charge in [0.15, 0.2) is 0 Å². The zero-order chi connectivity index (χ0) is 19.7. The minimum absolute atomic E-state index is 0.0272. The zero-order valence-corrected chi connectivity index (χ0v) is 17.2. The van der Waals surface area contributed by atoms with Gasteiger partial charge in [0.05, 0.1) is 11.5 Å². The number of nitrogens with zero attached hydrogens (tertiary/aromatic N) is 1. The molecule has 2 N–H and O–H groups in total. The highest BCUT2D eigenvalue weighted by Crippen LogP contribution is 2.50. The van der Waals surface area contributed by atoms with Gasteiger partial charge in [-0.15, -0.1) is 0 Å². The zero-order valence-electron chi connectivity index (χ0n) is 17.2. The van der Waals surface area contributed by atoms with Gasteiger partial charge in [0, 0.05) is 19.6 Å². The lowest BCUT2D eigenvalue weighted by Crippen LogP contribution is -2.49. The van der Waals surface area contributed by atoms with Crippen molar-refractivity contribution in [3.8, 4) is 0 Å². The van der Waals surface area contributed by atoms with Gasteiger partial charge < -0.3 is 15.5 Å². The molecule has 5 heteroatoms. The third kappa shape index (κ3) is 3.95. The van der Waals surface area contributed by atoms with Crippen LogP contribution in [0.3, 0.4) is 0 Å². The topological polar surface area (TPSA) is 61.4 Å². The maximum Gasteiger partial charge on any atom is 0.237 e. The Labute approximate surface area is 168 Å². The summed E-state index contributed by atoms with van der Waals surface area (Å²) in [5.74, 6) is 0.777. The molecule has 2 amide bonds. The van der Waals surface area contributed by atoms with Crippen molar-refractivity contribution in [3.63, 3.8) is 0 Å². The molecule has 3 aliphatic rings. The van der Waals surface area contributed by atoms with Crippen LogP contribution in [0, 0.1) is 19.8 Å². The Morgan fingerprint density at radius 3 is 2.54 bits per heavy atom. The summed E-state index contributed by atoms with van der Waals surface area (Å²) in [6.45, 7) is 7.44. The van der Waals surface area contributed by atoms with E-state index in [0.29, 0.717) is 18.4 Å². The SMILES string of the molecule is Cc1cc(C)cc(C2(C(=O)N3CCCC(CNC(=O)C4CCCN4)C3)CC2)c1. The predicted octanol–water partition coefficient (Wildman–Crippen LogP) is 2.44. The van der Waals surface area contributed by atoms with Gasteiger partial charge in [-0.05, 0) is 70.4 Å². The van der Waals surface area contributed by atoms with Crippen LogP contribution in [0.4, 0.5) is 0 Å². The molecule has 0 spiro atoms. The van der Waals surface area contributed by atoms with Crippen LogP contribution in [0.5, 0.6) is 0 Å². The number of piperidine rings is 1. The van der Waals surface area contributed by atoms with E-state index in [0.717, 1.165) is 58.2 Å². The van der Waals surface area contributed by atoms with Crippen molar-refractivity contribution in [1.29, 1.82) is 0 Å². The number of aryl methyl sites for hydroxylation is 2. The van der Waals surface area contributed by atoms with E-state index in [9.17, 15) is 9.59 Å². The summed E-state index contributed by atoms with van der Waals surface area (Å²) in [4.78, 5) is 27.8. The third-order valence-corrected chi connectivity index (χ3v) is 6.68. The second-order valence-electron chi connectivity index (χ2n) is 9.11. The third-order valence-electron chi connectivity index (χ3n) is 6.68. The summed E-state index contributed by atoms with van der Waals surface area (Å²) < 4.78 is 0. The average Bonchev–Trinajstić information content (AvgIpc) is 3.31. The van der Waals surface area contributed by atoms with Crippen molar-refractivity contribution >= 4 is 11.8 Å². The minimum atomic E-state index is -0.296. The highest BCUT2D eigenvalue weighted by atomic mass is 16.2. The first kappa shape index (κ1) is 19.4. The number of benzene rings is 1. The molecule has 0 bridgehead atoms. The van der Waals surface area contributed by atoms with Crippen LogP contribution in [0.2, 0.25) is 0 Å². The molecule has 1 saturated carbocycles. The fourth-order valence-electron chi connectivity index (χ4n) is 5.00. The first-order chi connectivity index (χ1) is 13.5. The number of amides is 2. The molecule has 2 heterocycles. The van der Waals surface area contributed by atoms with Crippen LogP contribution in [0.25, 0.3) is 0 Å². The van der Waals surface area contributed by atoms with Crippen LogP contribution in [-0.2, 0) is 15.0 Å². The van der Waals surface area contributed by atoms with E-state index >= 15 is 0 Å². The van der Waals surface area contributed by atoms with Crippen molar-refractivity contribution in [2.24, 2.45) is 5.92 Å². The van der Waals surface area contributed by atoms with Crippen molar-refractivity contribution in [2.45, 2.75) is 63.8 Å². The molecule has 5 nitrogen and oxygen atoms in total. The van der Waals surface area contributed by atoms with Crippen LogP contribution in [-0.4, -0.2) is 48.9 Å². The van der Waals surface area contributed by atoms with E-state index in [4.69, 9.17) is 0 Å². The smallest absolute Gasteiger partial charge is 0.237 e. The van der Waals surface area contributed by atoms with Crippen LogP contribution >= 0.6 is 0 Å². The normalized spacial score (nSPS) is 26.1. The first-order valence-corrected chi connectivity index (χ1v) is 10.9. The molecule has 1 aliphatic carbocycles. The quantitative estimate of drug-likeness (QED) is 0.821. The lowest BCUT2D eigenvalue weighted by Gasteiger charge is -2.35. The fourth-order valence-corrected chi connectivity index (χ4v) is 5.00.